The van der Waals surface area contributed by atoms with Crippen LogP contribution in [0.4, 0.5) is 0 Å². The highest BCUT2D eigenvalue weighted by Crippen LogP contribution is 2.35. The van der Waals surface area contributed by atoms with Crippen molar-refractivity contribution in [3.63, 3.8) is 0 Å². The number of nitrogens with zero attached hydrogens (tertiary/aromatic N) is 1. The highest BCUT2D eigenvalue weighted by atomic mass is 79.9. The minimum atomic E-state index is -0.875. The van der Waals surface area contributed by atoms with Crippen molar-refractivity contribution < 1.29 is 14.5 Å². The van der Waals surface area contributed by atoms with Crippen molar-refractivity contribution in [2.75, 3.05) is 0 Å². The van der Waals surface area contributed by atoms with Gasteiger partial charge >= 0.3 is 0 Å². The van der Waals surface area contributed by atoms with Crippen molar-refractivity contribution in [3.05, 3.63) is 30.9 Å². The van der Waals surface area contributed by atoms with Crippen LogP contribution < -0.4 is 21.5 Å². The smallest absolute Gasteiger partial charge is 0.280 e. The van der Waals surface area contributed by atoms with E-state index in [-0.39, 0.29) is 5.70 Å². The number of allylic oxidation sites excluding steroid dienone is 2. The van der Waals surface area contributed by atoms with Gasteiger partial charge in [-0.15, -0.1) is 0 Å². The van der Waals surface area contributed by atoms with E-state index in [0.717, 1.165) is 0 Å². The number of nitrogens with one attached hydrogen (secondary N) is 4. The Morgan fingerprint density at radius 1 is 1.05 bits per heavy atom. The molecule has 21 heavy (non-hydrogen) atoms. The SMILES string of the molecule is O=C1NNC(=O)C2NC3C([N+](=O)[O-])=C(Br)C(Br)=CC3NC12. The highest BCUT2D eigenvalue weighted by Gasteiger charge is 2.50. The van der Waals surface area contributed by atoms with Crippen LogP contribution in [-0.4, -0.2) is 40.9 Å². The van der Waals surface area contributed by atoms with Crippen LogP contribution in [0.25, 0.3) is 0 Å². The number of carbonyl (C=O) groups excluding carboxylic acids is 2. The van der Waals surface area contributed by atoms with Gasteiger partial charge in [-0.05, 0) is 37.9 Å². The largest absolute Gasteiger partial charge is 0.296 e. The van der Waals surface area contributed by atoms with Crippen molar-refractivity contribution in [1.29, 1.82) is 0 Å². The van der Waals surface area contributed by atoms with Crippen molar-refractivity contribution in [3.8, 4) is 0 Å². The lowest BCUT2D eigenvalue weighted by Crippen LogP contribution is -2.77. The molecule has 0 aromatic heterocycles. The lowest BCUT2D eigenvalue weighted by atomic mass is 9.90. The lowest BCUT2D eigenvalue weighted by molar-refractivity contribution is -0.431. The van der Waals surface area contributed by atoms with Crippen molar-refractivity contribution in [2.45, 2.75) is 24.2 Å². The summed E-state index contributed by atoms with van der Waals surface area (Å²) >= 11 is 6.42. The molecule has 9 nitrogen and oxygen atoms in total. The molecule has 0 aromatic carbocycles. The third-order valence-electron chi connectivity index (χ3n) is 3.55. The predicted molar refractivity (Wildman–Crippen MR) is 77.7 cm³/mol. The van der Waals surface area contributed by atoms with Crippen LogP contribution in [0.2, 0.25) is 0 Å². The van der Waals surface area contributed by atoms with Gasteiger partial charge in [0.15, 0.2) is 0 Å². The van der Waals surface area contributed by atoms with Gasteiger partial charge < -0.3 is 0 Å². The first-order valence-electron chi connectivity index (χ1n) is 5.93. The molecule has 3 aliphatic rings. The van der Waals surface area contributed by atoms with Crippen LogP contribution in [0, 0.1) is 10.1 Å². The molecule has 1 aliphatic carbocycles. The number of amides is 2. The van der Waals surface area contributed by atoms with Crippen molar-refractivity contribution in [2.24, 2.45) is 0 Å². The molecule has 4 unspecified atom stereocenters. The maximum atomic E-state index is 11.8. The van der Waals surface area contributed by atoms with Gasteiger partial charge in [0, 0.05) is 4.48 Å². The molecule has 11 heteroatoms. The molecule has 2 fully saturated rings. The summed E-state index contributed by atoms with van der Waals surface area (Å²) in [6.45, 7) is 0. The van der Waals surface area contributed by atoms with E-state index < -0.39 is 40.9 Å². The Morgan fingerprint density at radius 3 is 2.19 bits per heavy atom. The van der Waals surface area contributed by atoms with Gasteiger partial charge in [-0.3, -0.25) is 41.2 Å². The topological polar surface area (TPSA) is 125 Å². The highest BCUT2D eigenvalue weighted by molar-refractivity contribution is 9.15. The Hall–Kier alpha value is -1.30. The van der Waals surface area contributed by atoms with Gasteiger partial charge in [-0.2, -0.15) is 0 Å². The van der Waals surface area contributed by atoms with Crippen LogP contribution in [0.5, 0.6) is 0 Å². The van der Waals surface area contributed by atoms with E-state index in [1.165, 1.54) is 0 Å². The summed E-state index contributed by atoms with van der Waals surface area (Å²) in [4.78, 5) is 34.4. The third-order valence-corrected chi connectivity index (χ3v) is 5.58. The van der Waals surface area contributed by atoms with Crippen LogP contribution in [0.1, 0.15) is 0 Å². The fraction of sp³-hybridized carbons (Fsp3) is 0.400. The van der Waals surface area contributed by atoms with Crippen LogP contribution in [0.15, 0.2) is 20.7 Å². The molecule has 0 spiro atoms. The fourth-order valence-corrected chi connectivity index (χ4v) is 3.61. The molecule has 0 aromatic rings. The first-order valence-corrected chi connectivity index (χ1v) is 7.52. The van der Waals surface area contributed by atoms with E-state index in [9.17, 15) is 19.7 Å². The van der Waals surface area contributed by atoms with E-state index in [1.807, 2.05) is 0 Å². The minimum Gasteiger partial charge on any atom is -0.296 e. The molecule has 0 saturated carbocycles. The average molecular weight is 423 g/mol. The molecular weight excluding hydrogens is 414 g/mol. The Labute approximate surface area is 135 Å². The molecule has 2 saturated heterocycles. The predicted octanol–water partition coefficient (Wildman–Crippen LogP) is -1.01. The maximum absolute atomic E-state index is 11.8. The Kier molecular flexibility index (Phi) is 3.59. The average Bonchev–Trinajstić information content (AvgIpc) is 2.43. The van der Waals surface area contributed by atoms with Crippen LogP contribution in [-0.2, 0) is 9.59 Å². The summed E-state index contributed by atoms with van der Waals surface area (Å²) in [5, 5.41) is 17.2. The zero-order valence-electron chi connectivity index (χ0n) is 10.2. The quantitative estimate of drug-likeness (QED) is 0.317. The molecule has 0 radical (unpaired) electrons. The first kappa shape index (κ1) is 14.6. The number of piperazine rings is 1. The lowest BCUT2D eigenvalue weighted by Gasteiger charge is -2.43. The molecule has 2 heterocycles. The van der Waals surface area contributed by atoms with E-state index in [4.69, 9.17) is 0 Å². The monoisotopic (exact) mass is 421 g/mol. The summed E-state index contributed by atoms with van der Waals surface area (Å²) in [6.07, 6.45) is 1.71. The van der Waals surface area contributed by atoms with Gasteiger partial charge in [0.2, 0.25) is 0 Å². The second kappa shape index (κ2) is 5.16. The number of carbonyl (C=O) groups is 2. The first-order chi connectivity index (χ1) is 9.90. The van der Waals surface area contributed by atoms with Crippen molar-refractivity contribution >= 4 is 43.7 Å². The Balaban J connectivity index is 1.99. The van der Waals surface area contributed by atoms with Gasteiger partial charge in [0.25, 0.3) is 17.5 Å². The zero-order chi connectivity index (χ0) is 15.3. The molecule has 4 atom stereocenters. The standard InChI is InChI=1S/C10H9Br2N5O4/c11-2-1-3-5(8(4(2)12)17(20)21)14-7-6(13-3)9(18)15-16-10(7)19/h1,3,5-7,13-14H,(H,15,18)(H,16,19). The molecule has 4 N–H and O–H groups in total. The summed E-state index contributed by atoms with van der Waals surface area (Å²) in [7, 11) is 0. The van der Waals surface area contributed by atoms with E-state index in [0.29, 0.717) is 8.96 Å². The molecule has 2 aliphatic heterocycles. The van der Waals surface area contributed by atoms with E-state index in [2.05, 4.69) is 53.3 Å². The van der Waals surface area contributed by atoms with Crippen LogP contribution >= 0.6 is 31.9 Å². The zero-order valence-corrected chi connectivity index (χ0v) is 13.4. The second-order valence-corrected chi connectivity index (χ2v) is 6.39. The van der Waals surface area contributed by atoms with Crippen molar-refractivity contribution in [1.82, 2.24) is 21.5 Å². The normalized spacial score (nSPS) is 35.2. The van der Waals surface area contributed by atoms with Gasteiger partial charge in [-0.1, -0.05) is 0 Å². The maximum Gasteiger partial charge on any atom is 0.280 e. The number of nitro groups is 1. The number of fused-ring (bicyclic) bond motifs is 2. The summed E-state index contributed by atoms with van der Waals surface area (Å²) in [5.74, 6) is -0.843. The Bertz CT molecular complexity index is 619. The number of hydrogen-bond acceptors (Lipinski definition) is 6. The summed E-state index contributed by atoms with van der Waals surface area (Å²) < 4.78 is 0.825. The van der Waals surface area contributed by atoms with E-state index in [1.54, 1.807) is 6.08 Å². The van der Waals surface area contributed by atoms with E-state index >= 15 is 0 Å². The van der Waals surface area contributed by atoms with Gasteiger partial charge in [0.05, 0.1) is 11.0 Å². The molecular formula is C10H9Br2N5O4. The number of rotatable bonds is 1. The number of halogens is 2. The number of hydrazine groups is 1. The van der Waals surface area contributed by atoms with Gasteiger partial charge in [0.1, 0.15) is 22.6 Å². The molecule has 0 bridgehead atoms. The third kappa shape index (κ3) is 2.29. The van der Waals surface area contributed by atoms with Crippen LogP contribution in [0.3, 0.4) is 0 Å². The summed E-state index contributed by atoms with van der Waals surface area (Å²) in [6, 6.07) is -2.88. The fourth-order valence-electron chi connectivity index (χ4n) is 2.60. The Morgan fingerprint density at radius 2 is 1.62 bits per heavy atom. The molecule has 2 amide bonds. The second-order valence-electron chi connectivity index (χ2n) is 4.74. The summed E-state index contributed by atoms with van der Waals surface area (Å²) in [5.41, 5.74) is 4.38. The molecule has 3 rings (SSSR count). The minimum absolute atomic E-state index is 0.0980. The number of hydrogen-bond donors (Lipinski definition) is 4. The van der Waals surface area contributed by atoms with Gasteiger partial charge in [-0.25, -0.2) is 0 Å². The molecule has 112 valence electrons.